The lowest BCUT2D eigenvalue weighted by Gasteiger charge is -2.25. The second-order valence-electron chi connectivity index (χ2n) is 4.13. The largest absolute Gasteiger partial charge is 0.481 e. The molecule has 1 aromatic carbocycles. The first-order valence-electron chi connectivity index (χ1n) is 5.37. The van der Waals surface area contributed by atoms with Crippen LogP contribution in [0.15, 0.2) is 18.2 Å². The predicted octanol–water partition coefficient (Wildman–Crippen LogP) is 2.22. The van der Waals surface area contributed by atoms with E-state index in [1.165, 1.54) is 11.1 Å². The van der Waals surface area contributed by atoms with Gasteiger partial charge < -0.3 is 10.4 Å². The third kappa shape index (κ3) is 2.74. The molecule has 0 saturated heterocycles. The molecule has 0 amide bonds. The van der Waals surface area contributed by atoms with Crippen molar-refractivity contribution in [3.05, 3.63) is 34.3 Å². The van der Waals surface area contributed by atoms with Gasteiger partial charge in [-0.05, 0) is 36.1 Å². The summed E-state index contributed by atoms with van der Waals surface area (Å²) in [6, 6.07) is 6.14. The SMILES string of the molecule is O=C(O)CCC1Cc2cc(Cl)ccc2CN1. The van der Waals surface area contributed by atoms with Crippen molar-refractivity contribution in [1.29, 1.82) is 0 Å². The van der Waals surface area contributed by atoms with Gasteiger partial charge in [-0.25, -0.2) is 0 Å². The van der Waals surface area contributed by atoms with E-state index in [0.29, 0.717) is 6.42 Å². The van der Waals surface area contributed by atoms with Crippen LogP contribution >= 0.6 is 11.6 Å². The highest BCUT2D eigenvalue weighted by Crippen LogP contribution is 2.22. The standard InChI is InChI=1S/C12H14ClNO2/c13-10-2-1-8-7-14-11(3-4-12(15)16)6-9(8)5-10/h1-2,5,11,14H,3-4,6-7H2,(H,15,16). The number of aliphatic carboxylic acids is 1. The second-order valence-corrected chi connectivity index (χ2v) is 4.56. The summed E-state index contributed by atoms with van der Waals surface area (Å²) in [6.45, 7) is 0.802. The molecule has 3 nitrogen and oxygen atoms in total. The molecule has 1 aliphatic rings. The highest BCUT2D eigenvalue weighted by molar-refractivity contribution is 6.30. The zero-order chi connectivity index (χ0) is 11.5. The molecule has 1 heterocycles. The molecule has 1 aliphatic heterocycles. The molecule has 1 aromatic rings. The first-order valence-corrected chi connectivity index (χ1v) is 5.75. The molecule has 0 fully saturated rings. The summed E-state index contributed by atoms with van der Waals surface area (Å²) >= 11 is 5.94. The van der Waals surface area contributed by atoms with Crippen molar-refractivity contribution < 1.29 is 9.90 Å². The Balaban J connectivity index is 2.02. The zero-order valence-corrected chi connectivity index (χ0v) is 9.63. The highest BCUT2D eigenvalue weighted by Gasteiger charge is 2.18. The minimum Gasteiger partial charge on any atom is -0.481 e. The number of carboxylic acid groups (broad SMARTS) is 1. The van der Waals surface area contributed by atoms with Gasteiger partial charge in [-0.3, -0.25) is 4.79 Å². The van der Waals surface area contributed by atoms with E-state index < -0.39 is 5.97 Å². The average molecular weight is 240 g/mol. The molecule has 0 saturated carbocycles. The minimum atomic E-state index is -0.737. The van der Waals surface area contributed by atoms with Crippen molar-refractivity contribution in [2.75, 3.05) is 0 Å². The first kappa shape index (κ1) is 11.4. The summed E-state index contributed by atoms with van der Waals surface area (Å²) in [5.41, 5.74) is 2.50. The average Bonchev–Trinajstić information content (AvgIpc) is 2.25. The number of carboxylic acids is 1. The number of halogens is 1. The van der Waals surface area contributed by atoms with E-state index in [-0.39, 0.29) is 12.5 Å². The van der Waals surface area contributed by atoms with E-state index in [1.807, 2.05) is 18.2 Å². The summed E-state index contributed by atoms with van der Waals surface area (Å²) < 4.78 is 0. The number of benzene rings is 1. The molecule has 1 unspecified atom stereocenters. The maximum atomic E-state index is 10.5. The normalized spacial score (nSPS) is 19.2. The van der Waals surface area contributed by atoms with Crippen LogP contribution in [-0.4, -0.2) is 17.1 Å². The fourth-order valence-corrected chi connectivity index (χ4v) is 2.25. The molecule has 0 radical (unpaired) electrons. The lowest BCUT2D eigenvalue weighted by atomic mass is 9.93. The van der Waals surface area contributed by atoms with E-state index in [0.717, 1.165) is 18.0 Å². The van der Waals surface area contributed by atoms with Crippen molar-refractivity contribution in [2.45, 2.75) is 31.8 Å². The summed E-state index contributed by atoms with van der Waals surface area (Å²) in [5, 5.41) is 12.7. The molecular formula is C12H14ClNO2. The van der Waals surface area contributed by atoms with Gasteiger partial charge in [0.25, 0.3) is 0 Å². The quantitative estimate of drug-likeness (QED) is 0.851. The monoisotopic (exact) mass is 239 g/mol. The van der Waals surface area contributed by atoms with Gasteiger partial charge in [0.1, 0.15) is 0 Å². The van der Waals surface area contributed by atoms with Gasteiger partial charge >= 0.3 is 5.97 Å². The highest BCUT2D eigenvalue weighted by atomic mass is 35.5. The Bertz CT molecular complexity index is 406. The van der Waals surface area contributed by atoms with Crippen molar-refractivity contribution in [1.82, 2.24) is 5.32 Å². The van der Waals surface area contributed by atoms with Gasteiger partial charge in [0, 0.05) is 24.0 Å². The van der Waals surface area contributed by atoms with Crippen LogP contribution < -0.4 is 5.32 Å². The maximum Gasteiger partial charge on any atom is 0.303 e. The van der Waals surface area contributed by atoms with Crippen LogP contribution in [-0.2, 0) is 17.8 Å². The van der Waals surface area contributed by atoms with E-state index in [1.54, 1.807) is 0 Å². The van der Waals surface area contributed by atoms with Gasteiger partial charge in [0.2, 0.25) is 0 Å². The third-order valence-corrected chi connectivity index (χ3v) is 3.16. The summed E-state index contributed by atoms with van der Waals surface area (Å²) in [5.74, 6) is -0.737. The van der Waals surface area contributed by atoms with E-state index >= 15 is 0 Å². The van der Waals surface area contributed by atoms with Crippen LogP contribution in [0.3, 0.4) is 0 Å². The van der Waals surface area contributed by atoms with Crippen molar-refractivity contribution in [3.8, 4) is 0 Å². The molecule has 0 spiro atoms. The number of hydrogen-bond donors (Lipinski definition) is 2. The zero-order valence-electron chi connectivity index (χ0n) is 8.87. The topological polar surface area (TPSA) is 49.3 Å². The van der Waals surface area contributed by atoms with Gasteiger partial charge in [-0.15, -0.1) is 0 Å². The third-order valence-electron chi connectivity index (χ3n) is 2.92. The molecule has 86 valence electrons. The van der Waals surface area contributed by atoms with E-state index in [4.69, 9.17) is 16.7 Å². The Morgan fingerprint density at radius 2 is 2.31 bits per heavy atom. The summed E-state index contributed by atoms with van der Waals surface area (Å²) in [4.78, 5) is 10.5. The number of carbonyl (C=O) groups is 1. The fourth-order valence-electron chi connectivity index (χ4n) is 2.05. The molecule has 4 heteroatoms. The van der Waals surface area contributed by atoms with Gasteiger partial charge in [0.15, 0.2) is 0 Å². The lowest BCUT2D eigenvalue weighted by molar-refractivity contribution is -0.137. The molecule has 0 aromatic heterocycles. The Kier molecular flexibility index (Phi) is 3.46. The predicted molar refractivity (Wildman–Crippen MR) is 62.7 cm³/mol. The lowest BCUT2D eigenvalue weighted by Crippen LogP contribution is -2.35. The van der Waals surface area contributed by atoms with Crippen LogP contribution in [0.5, 0.6) is 0 Å². The van der Waals surface area contributed by atoms with Crippen LogP contribution in [0.4, 0.5) is 0 Å². The Labute approximate surface area is 99.4 Å². The number of fused-ring (bicyclic) bond motifs is 1. The van der Waals surface area contributed by atoms with Crippen molar-refractivity contribution >= 4 is 17.6 Å². The smallest absolute Gasteiger partial charge is 0.303 e. The number of nitrogens with one attached hydrogen (secondary N) is 1. The molecule has 16 heavy (non-hydrogen) atoms. The van der Waals surface area contributed by atoms with Crippen molar-refractivity contribution in [3.63, 3.8) is 0 Å². The van der Waals surface area contributed by atoms with Gasteiger partial charge in [-0.2, -0.15) is 0 Å². The fraction of sp³-hybridized carbons (Fsp3) is 0.417. The van der Waals surface area contributed by atoms with Gasteiger partial charge in [-0.1, -0.05) is 17.7 Å². The first-order chi connectivity index (χ1) is 7.65. The Hall–Kier alpha value is -1.06. The second kappa shape index (κ2) is 4.85. The molecule has 1 atom stereocenters. The summed E-state index contributed by atoms with van der Waals surface area (Å²) in [7, 11) is 0. The maximum absolute atomic E-state index is 10.5. The molecular weight excluding hydrogens is 226 g/mol. The van der Waals surface area contributed by atoms with Gasteiger partial charge in [0.05, 0.1) is 0 Å². The molecule has 0 bridgehead atoms. The van der Waals surface area contributed by atoms with Crippen LogP contribution in [0, 0.1) is 0 Å². The van der Waals surface area contributed by atoms with Crippen LogP contribution in [0.2, 0.25) is 5.02 Å². The Morgan fingerprint density at radius 3 is 3.06 bits per heavy atom. The van der Waals surface area contributed by atoms with E-state index in [9.17, 15) is 4.79 Å². The molecule has 2 rings (SSSR count). The number of rotatable bonds is 3. The summed E-state index contributed by atoms with van der Waals surface area (Å²) in [6.07, 6.45) is 1.75. The van der Waals surface area contributed by atoms with Crippen LogP contribution in [0.1, 0.15) is 24.0 Å². The Morgan fingerprint density at radius 1 is 1.50 bits per heavy atom. The number of hydrogen-bond acceptors (Lipinski definition) is 2. The minimum absolute atomic E-state index is 0.216. The van der Waals surface area contributed by atoms with Crippen molar-refractivity contribution in [2.24, 2.45) is 0 Å². The molecule has 2 N–H and O–H groups in total. The van der Waals surface area contributed by atoms with E-state index in [2.05, 4.69) is 5.32 Å². The molecule has 0 aliphatic carbocycles. The van der Waals surface area contributed by atoms with Crippen LogP contribution in [0.25, 0.3) is 0 Å².